The van der Waals surface area contributed by atoms with Gasteiger partial charge in [-0.25, -0.2) is 13.6 Å². The number of carbonyl (C=O) groups excluding carboxylic acids is 1. The number of amides is 2. The van der Waals surface area contributed by atoms with E-state index >= 15 is 0 Å². The van der Waals surface area contributed by atoms with Gasteiger partial charge in [0.25, 0.3) is 0 Å². The van der Waals surface area contributed by atoms with Gasteiger partial charge in [-0.3, -0.25) is 4.79 Å². The summed E-state index contributed by atoms with van der Waals surface area (Å²) in [5.41, 5.74) is 0.472. The normalized spacial score (nSPS) is 14.7. The quantitative estimate of drug-likeness (QED) is 0.868. The number of rotatable bonds is 5. The lowest BCUT2D eigenvalue weighted by atomic mass is 9.97. The van der Waals surface area contributed by atoms with Crippen molar-refractivity contribution in [3.05, 3.63) is 35.4 Å². The van der Waals surface area contributed by atoms with Gasteiger partial charge in [-0.2, -0.15) is 0 Å². The average molecular weight is 298 g/mol. The number of halogens is 2. The summed E-state index contributed by atoms with van der Waals surface area (Å²) < 4.78 is 25.9. The van der Waals surface area contributed by atoms with E-state index < -0.39 is 17.6 Å². The van der Waals surface area contributed by atoms with Gasteiger partial charge in [-0.15, -0.1) is 0 Å². The molecular weight excluding hydrogens is 282 g/mol. The number of benzene rings is 1. The fourth-order valence-corrected chi connectivity index (χ4v) is 2.29. The average Bonchev–Trinajstić information content (AvgIpc) is 2.31. The Morgan fingerprint density at radius 2 is 1.86 bits per heavy atom. The highest BCUT2D eigenvalue weighted by molar-refractivity contribution is 5.75. The zero-order chi connectivity index (χ0) is 15.4. The van der Waals surface area contributed by atoms with Gasteiger partial charge >= 0.3 is 12.0 Å². The van der Waals surface area contributed by atoms with E-state index in [2.05, 4.69) is 5.32 Å². The summed E-state index contributed by atoms with van der Waals surface area (Å²) in [6.45, 7) is 1.11. The van der Waals surface area contributed by atoms with E-state index in [1.165, 1.54) is 17.0 Å². The van der Waals surface area contributed by atoms with Gasteiger partial charge in [0.05, 0.1) is 6.42 Å². The lowest BCUT2D eigenvalue weighted by Gasteiger charge is -2.38. The molecule has 7 heteroatoms. The fourth-order valence-electron chi connectivity index (χ4n) is 2.29. The Morgan fingerprint density at radius 1 is 1.24 bits per heavy atom. The van der Waals surface area contributed by atoms with Gasteiger partial charge in [0.2, 0.25) is 0 Å². The first-order chi connectivity index (χ1) is 9.94. The van der Waals surface area contributed by atoms with Crippen molar-refractivity contribution in [1.82, 2.24) is 10.2 Å². The smallest absolute Gasteiger partial charge is 0.317 e. The van der Waals surface area contributed by atoms with Crippen LogP contribution in [0.3, 0.4) is 0 Å². The van der Waals surface area contributed by atoms with E-state index in [0.29, 0.717) is 25.1 Å². The van der Waals surface area contributed by atoms with Crippen LogP contribution in [0.15, 0.2) is 18.2 Å². The summed E-state index contributed by atoms with van der Waals surface area (Å²) in [4.78, 5) is 23.7. The molecule has 0 bridgehead atoms. The predicted molar refractivity (Wildman–Crippen MR) is 70.8 cm³/mol. The van der Waals surface area contributed by atoms with Crippen molar-refractivity contribution >= 4 is 12.0 Å². The highest BCUT2D eigenvalue weighted by atomic mass is 19.1. The van der Waals surface area contributed by atoms with Gasteiger partial charge in [0.1, 0.15) is 11.6 Å². The second kappa shape index (κ2) is 6.51. The molecule has 2 amide bonds. The molecule has 1 heterocycles. The number of carboxylic acid groups (broad SMARTS) is 1. The molecule has 1 saturated heterocycles. The number of carbonyl (C=O) groups is 2. The molecule has 0 unspecified atom stereocenters. The Bertz CT molecular complexity index is 525. The predicted octanol–water partition coefficient (Wildman–Crippen LogP) is 1.62. The summed E-state index contributed by atoms with van der Waals surface area (Å²) >= 11 is 0. The van der Waals surface area contributed by atoms with E-state index in [-0.39, 0.29) is 24.9 Å². The Labute approximate surface area is 120 Å². The summed E-state index contributed by atoms with van der Waals surface area (Å²) in [5.74, 6) is -2.15. The number of aliphatic carboxylic acids is 1. The first-order valence-corrected chi connectivity index (χ1v) is 6.63. The van der Waals surface area contributed by atoms with Crippen LogP contribution in [0.25, 0.3) is 0 Å². The summed E-state index contributed by atoms with van der Waals surface area (Å²) in [5, 5.41) is 11.2. The molecule has 2 rings (SSSR count). The van der Waals surface area contributed by atoms with Crippen LogP contribution in [-0.4, -0.2) is 41.6 Å². The van der Waals surface area contributed by atoms with Gasteiger partial charge < -0.3 is 15.3 Å². The molecule has 5 nitrogen and oxygen atoms in total. The highest BCUT2D eigenvalue weighted by Crippen LogP contribution is 2.18. The SMILES string of the molecule is O=C(O)CC1CN(C(=O)NCCc2cc(F)cc(F)c2)C1. The van der Waals surface area contributed by atoms with Gasteiger partial charge in [-0.1, -0.05) is 0 Å². The molecule has 114 valence electrons. The number of hydrogen-bond donors (Lipinski definition) is 2. The van der Waals surface area contributed by atoms with Crippen LogP contribution < -0.4 is 5.32 Å². The molecule has 1 aliphatic heterocycles. The van der Waals surface area contributed by atoms with Crippen molar-refractivity contribution in [2.24, 2.45) is 5.92 Å². The third-order valence-corrected chi connectivity index (χ3v) is 3.32. The summed E-state index contributed by atoms with van der Waals surface area (Å²) in [6.07, 6.45) is 0.388. The molecule has 1 aromatic rings. The standard InChI is InChI=1S/C14H16F2N2O3/c15-11-3-9(4-12(16)6-11)1-2-17-14(21)18-7-10(8-18)5-13(19)20/h3-4,6,10H,1-2,5,7-8H2,(H,17,21)(H,19,20). The van der Waals surface area contributed by atoms with Gasteiger partial charge in [0, 0.05) is 31.6 Å². The van der Waals surface area contributed by atoms with Crippen LogP contribution in [0, 0.1) is 17.6 Å². The van der Waals surface area contributed by atoms with Gasteiger partial charge in [0.15, 0.2) is 0 Å². The molecule has 0 spiro atoms. The molecule has 21 heavy (non-hydrogen) atoms. The second-order valence-corrected chi connectivity index (χ2v) is 5.13. The van der Waals surface area contributed by atoms with Crippen molar-refractivity contribution in [1.29, 1.82) is 0 Å². The Morgan fingerprint density at radius 3 is 2.43 bits per heavy atom. The zero-order valence-corrected chi connectivity index (χ0v) is 11.3. The summed E-state index contributed by atoms with van der Waals surface area (Å²) in [6, 6.07) is 2.96. The minimum atomic E-state index is -0.867. The fraction of sp³-hybridized carbons (Fsp3) is 0.429. The molecule has 1 aromatic carbocycles. The van der Waals surface area contributed by atoms with Crippen molar-refractivity contribution in [2.45, 2.75) is 12.8 Å². The highest BCUT2D eigenvalue weighted by Gasteiger charge is 2.31. The minimum absolute atomic E-state index is 0.00515. The molecular formula is C14H16F2N2O3. The van der Waals surface area contributed by atoms with Crippen LogP contribution in [0.1, 0.15) is 12.0 Å². The molecule has 2 N–H and O–H groups in total. The van der Waals surface area contributed by atoms with Crippen LogP contribution in [0.5, 0.6) is 0 Å². The number of likely N-dealkylation sites (tertiary alicyclic amines) is 1. The molecule has 0 atom stereocenters. The van der Waals surface area contributed by atoms with Crippen molar-refractivity contribution in [3.63, 3.8) is 0 Å². The number of carboxylic acids is 1. The Hall–Kier alpha value is -2.18. The zero-order valence-electron chi connectivity index (χ0n) is 11.3. The largest absolute Gasteiger partial charge is 0.481 e. The minimum Gasteiger partial charge on any atom is -0.481 e. The van der Waals surface area contributed by atoms with Crippen molar-refractivity contribution < 1.29 is 23.5 Å². The molecule has 1 fully saturated rings. The number of urea groups is 1. The maximum absolute atomic E-state index is 13.0. The molecule has 0 aliphatic carbocycles. The van der Waals surface area contributed by atoms with Crippen LogP contribution in [0.4, 0.5) is 13.6 Å². The third kappa shape index (κ3) is 4.40. The van der Waals surface area contributed by atoms with Crippen LogP contribution in [-0.2, 0) is 11.2 Å². The van der Waals surface area contributed by atoms with E-state index in [0.717, 1.165) is 6.07 Å². The Balaban J connectivity index is 1.69. The molecule has 1 aliphatic rings. The number of hydrogen-bond acceptors (Lipinski definition) is 2. The van der Waals surface area contributed by atoms with E-state index in [4.69, 9.17) is 5.11 Å². The lowest BCUT2D eigenvalue weighted by molar-refractivity contribution is -0.139. The Kier molecular flexibility index (Phi) is 4.72. The molecule has 0 radical (unpaired) electrons. The van der Waals surface area contributed by atoms with Crippen molar-refractivity contribution in [2.75, 3.05) is 19.6 Å². The maximum Gasteiger partial charge on any atom is 0.317 e. The van der Waals surface area contributed by atoms with Crippen LogP contribution in [0.2, 0.25) is 0 Å². The van der Waals surface area contributed by atoms with E-state index in [1.54, 1.807) is 0 Å². The first kappa shape index (κ1) is 15.2. The van der Waals surface area contributed by atoms with E-state index in [9.17, 15) is 18.4 Å². The monoisotopic (exact) mass is 298 g/mol. The second-order valence-electron chi connectivity index (χ2n) is 5.13. The molecule has 0 aromatic heterocycles. The summed E-state index contributed by atoms with van der Waals surface area (Å²) in [7, 11) is 0. The maximum atomic E-state index is 13.0. The van der Waals surface area contributed by atoms with E-state index in [1.807, 2.05) is 0 Å². The van der Waals surface area contributed by atoms with Crippen LogP contribution >= 0.6 is 0 Å². The number of nitrogens with zero attached hydrogens (tertiary/aromatic N) is 1. The first-order valence-electron chi connectivity index (χ1n) is 6.63. The van der Waals surface area contributed by atoms with Crippen molar-refractivity contribution in [3.8, 4) is 0 Å². The van der Waals surface area contributed by atoms with Gasteiger partial charge in [-0.05, 0) is 24.1 Å². The lowest BCUT2D eigenvalue weighted by Crippen LogP contribution is -2.54. The molecule has 0 saturated carbocycles. The topological polar surface area (TPSA) is 69.6 Å². The third-order valence-electron chi connectivity index (χ3n) is 3.32. The number of nitrogens with one attached hydrogen (secondary N) is 1.